The van der Waals surface area contributed by atoms with Crippen molar-refractivity contribution in [2.24, 2.45) is 4.99 Å². The van der Waals surface area contributed by atoms with E-state index in [0.717, 1.165) is 54.3 Å². The lowest BCUT2D eigenvalue weighted by atomic mass is 10.1. The molecule has 1 N–H and O–H groups in total. The number of fused-ring (bicyclic) bond motifs is 1. The van der Waals surface area contributed by atoms with Crippen molar-refractivity contribution in [3.8, 4) is 0 Å². The largest absolute Gasteiger partial charge is 0.402 e. The fraction of sp³-hybridized carbons (Fsp3) is 0.227. The number of aryl methyl sites for hydroxylation is 1. The minimum atomic E-state index is -0.402. The summed E-state index contributed by atoms with van der Waals surface area (Å²) in [4.78, 5) is 29.0. The number of anilines is 1. The van der Waals surface area contributed by atoms with Gasteiger partial charge in [-0.15, -0.1) is 0 Å². The van der Waals surface area contributed by atoms with Crippen molar-refractivity contribution in [3.63, 3.8) is 0 Å². The number of benzene rings is 2. The Labute approximate surface area is 168 Å². The quantitative estimate of drug-likeness (QED) is 0.553. The molecule has 1 aromatic heterocycles. The summed E-state index contributed by atoms with van der Waals surface area (Å²) in [6.07, 6.45) is 1.81. The Morgan fingerprint density at radius 3 is 2.69 bits per heavy atom. The summed E-state index contributed by atoms with van der Waals surface area (Å²) in [5.74, 6) is 0.852. The van der Waals surface area contributed by atoms with Crippen LogP contribution in [0.25, 0.3) is 11.0 Å². The minimum Gasteiger partial charge on any atom is -0.402 e. The standard InChI is InChI=1S/C22H21N5O2/c1-15-5-4-6-16(13-15)20-23-19(21(28)29-20)14-26-9-11-27(12-10-26)22-24-17-7-2-3-8-18(17)25-22/h2-8,13-14H,9-12H2,1H3,(H,24,25). The maximum atomic E-state index is 12.2. The van der Waals surface area contributed by atoms with Crippen LogP contribution in [0.2, 0.25) is 0 Å². The molecule has 0 bridgehead atoms. The van der Waals surface area contributed by atoms with Crippen LogP contribution in [0.3, 0.4) is 0 Å². The summed E-state index contributed by atoms with van der Waals surface area (Å²) in [6.45, 7) is 5.19. The molecule has 146 valence electrons. The fourth-order valence-corrected chi connectivity index (χ4v) is 3.63. The number of esters is 1. The summed E-state index contributed by atoms with van der Waals surface area (Å²) >= 11 is 0. The molecule has 2 aliphatic rings. The second kappa shape index (κ2) is 7.09. The van der Waals surface area contributed by atoms with Gasteiger partial charge in [-0.25, -0.2) is 14.8 Å². The zero-order valence-corrected chi connectivity index (χ0v) is 16.1. The molecule has 3 aromatic rings. The van der Waals surface area contributed by atoms with Gasteiger partial charge in [-0.2, -0.15) is 0 Å². The van der Waals surface area contributed by atoms with E-state index in [2.05, 4.69) is 24.8 Å². The first-order valence-corrected chi connectivity index (χ1v) is 9.69. The molecule has 0 amide bonds. The second-order valence-electron chi connectivity index (χ2n) is 7.29. The maximum Gasteiger partial charge on any atom is 0.365 e. The van der Waals surface area contributed by atoms with E-state index in [1.807, 2.05) is 55.5 Å². The third-order valence-electron chi connectivity index (χ3n) is 5.18. The molecule has 0 aliphatic carbocycles. The van der Waals surface area contributed by atoms with Gasteiger partial charge in [0.15, 0.2) is 5.70 Å². The lowest BCUT2D eigenvalue weighted by Crippen LogP contribution is -2.44. The lowest BCUT2D eigenvalue weighted by molar-refractivity contribution is -0.130. The number of piperazine rings is 1. The number of para-hydroxylation sites is 2. The molecule has 0 radical (unpaired) electrons. The summed E-state index contributed by atoms with van der Waals surface area (Å²) < 4.78 is 5.37. The Morgan fingerprint density at radius 1 is 1.07 bits per heavy atom. The molecule has 7 nitrogen and oxygen atoms in total. The van der Waals surface area contributed by atoms with Crippen LogP contribution in [0.4, 0.5) is 5.95 Å². The van der Waals surface area contributed by atoms with Crippen molar-refractivity contribution in [1.29, 1.82) is 0 Å². The molecule has 0 atom stereocenters. The first kappa shape index (κ1) is 17.5. The van der Waals surface area contributed by atoms with Gasteiger partial charge in [-0.1, -0.05) is 29.8 Å². The summed E-state index contributed by atoms with van der Waals surface area (Å²) in [7, 11) is 0. The SMILES string of the molecule is Cc1cccc(C2=NC(=CN3CCN(c4nc5ccccc5[nH]4)CC3)C(=O)O2)c1. The molecular weight excluding hydrogens is 366 g/mol. The van der Waals surface area contributed by atoms with Crippen molar-refractivity contribution in [2.45, 2.75) is 6.92 Å². The van der Waals surface area contributed by atoms with E-state index in [9.17, 15) is 4.79 Å². The van der Waals surface area contributed by atoms with E-state index in [4.69, 9.17) is 4.74 Å². The Balaban J connectivity index is 1.28. The Hall–Kier alpha value is -3.61. The van der Waals surface area contributed by atoms with E-state index in [1.165, 1.54) is 0 Å². The molecule has 0 spiro atoms. The highest BCUT2D eigenvalue weighted by Crippen LogP contribution is 2.21. The summed E-state index contributed by atoms with van der Waals surface area (Å²) in [6, 6.07) is 15.8. The number of nitrogens with one attached hydrogen (secondary N) is 1. The first-order valence-electron chi connectivity index (χ1n) is 9.69. The number of imidazole rings is 1. The third-order valence-corrected chi connectivity index (χ3v) is 5.18. The number of hydrogen-bond acceptors (Lipinski definition) is 6. The number of cyclic esters (lactones) is 1. The number of H-pyrrole nitrogens is 1. The van der Waals surface area contributed by atoms with Crippen LogP contribution in [-0.4, -0.2) is 52.9 Å². The number of nitrogens with zero attached hydrogens (tertiary/aromatic N) is 4. The Morgan fingerprint density at radius 2 is 1.90 bits per heavy atom. The third kappa shape index (κ3) is 3.47. The van der Waals surface area contributed by atoms with Crippen LogP contribution in [0, 0.1) is 6.92 Å². The zero-order chi connectivity index (χ0) is 19.8. The van der Waals surface area contributed by atoms with Crippen LogP contribution in [0.15, 0.2) is 65.4 Å². The van der Waals surface area contributed by atoms with Crippen LogP contribution in [0.5, 0.6) is 0 Å². The van der Waals surface area contributed by atoms with E-state index in [1.54, 1.807) is 6.20 Å². The molecule has 3 heterocycles. The van der Waals surface area contributed by atoms with Crippen LogP contribution < -0.4 is 4.90 Å². The van der Waals surface area contributed by atoms with E-state index in [0.29, 0.717) is 11.6 Å². The number of aromatic nitrogens is 2. The number of aliphatic imine (C=N–C) groups is 1. The number of rotatable bonds is 3. The summed E-state index contributed by atoms with van der Waals surface area (Å²) in [5.41, 5.74) is 4.27. The molecule has 2 aliphatic heterocycles. The van der Waals surface area contributed by atoms with Crippen molar-refractivity contribution >= 4 is 28.8 Å². The molecular formula is C22H21N5O2. The van der Waals surface area contributed by atoms with Gasteiger partial charge in [0.05, 0.1) is 11.0 Å². The van der Waals surface area contributed by atoms with Gasteiger partial charge >= 0.3 is 5.97 Å². The van der Waals surface area contributed by atoms with Gasteiger partial charge in [-0.3, -0.25) is 0 Å². The molecule has 0 saturated carbocycles. The van der Waals surface area contributed by atoms with E-state index in [-0.39, 0.29) is 0 Å². The normalized spacial score (nSPS) is 18.4. The van der Waals surface area contributed by atoms with E-state index < -0.39 is 5.97 Å². The predicted octanol–water partition coefficient (Wildman–Crippen LogP) is 2.84. The minimum absolute atomic E-state index is 0.346. The molecule has 2 aromatic carbocycles. The van der Waals surface area contributed by atoms with Crippen molar-refractivity contribution in [3.05, 3.63) is 71.6 Å². The number of ether oxygens (including phenoxy) is 1. The molecule has 29 heavy (non-hydrogen) atoms. The molecule has 5 rings (SSSR count). The van der Waals surface area contributed by atoms with Crippen molar-refractivity contribution in [1.82, 2.24) is 14.9 Å². The summed E-state index contributed by atoms with van der Waals surface area (Å²) in [5, 5.41) is 0. The van der Waals surface area contributed by atoms with Gasteiger partial charge in [-0.05, 0) is 31.2 Å². The lowest BCUT2D eigenvalue weighted by Gasteiger charge is -2.33. The highest BCUT2D eigenvalue weighted by Gasteiger charge is 2.26. The van der Waals surface area contributed by atoms with Gasteiger partial charge in [0.2, 0.25) is 11.8 Å². The zero-order valence-electron chi connectivity index (χ0n) is 16.1. The Bertz CT molecular complexity index is 1110. The molecule has 1 fully saturated rings. The predicted molar refractivity (Wildman–Crippen MR) is 112 cm³/mol. The van der Waals surface area contributed by atoms with Crippen LogP contribution in [0.1, 0.15) is 11.1 Å². The monoisotopic (exact) mass is 387 g/mol. The average Bonchev–Trinajstić information content (AvgIpc) is 3.32. The number of carbonyl (C=O) groups excluding carboxylic acids is 1. The number of carbonyl (C=O) groups is 1. The van der Waals surface area contributed by atoms with Gasteiger partial charge < -0.3 is 19.5 Å². The molecule has 1 saturated heterocycles. The molecule has 0 unspecified atom stereocenters. The number of aromatic amines is 1. The van der Waals surface area contributed by atoms with Crippen LogP contribution >= 0.6 is 0 Å². The number of hydrogen-bond donors (Lipinski definition) is 1. The Kier molecular flexibility index (Phi) is 4.27. The fourth-order valence-electron chi connectivity index (χ4n) is 3.63. The smallest absolute Gasteiger partial charge is 0.365 e. The van der Waals surface area contributed by atoms with Crippen LogP contribution in [-0.2, 0) is 9.53 Å². The second-order valence-corrected chi connectivity index (χ2v) is 7.29. The topological polar surface area (TPSA) is 73.8 Å². The molecule has 7 heteroatoms. The van der Waals surface area contributed by atoms with Gasteiger partial charge in [0.1, 0.15) is 0 Å². The highest BCUT2D eigenvalue weighted by atomic mass is 16.6. The van der Waals surface area contributed by atoms with Gasteiger partial charge in [0.25, 0.3) is 0 Å². The van der Waals surface area contributed by atoms with Crippen molar-refractivity contribution < 1.29 is 9.53 Å². The van der Waals surface area contributed by atoms with Gasteiger partial charge in [0, 0.05) is 37.9 Å². The maximum absolute atomic E-state index is 12.2. The van der Waals surface area contributed by atoms with Crippen molar-refractivity contribution in [2.75, 3.05) is 31.1 Å². The van der Waals surface area contributed by atoms with E-state index >= 15 is 0 Å². The first-order chi connectivity index (χ1) is 14.2. The average molecular weight is 387 g/mol. The highest BCUT2D eigenvalue weighted by molar-refractivity contribution is 6.11.